The number of rotatable bonds is 0. The standard InChI is InChI=1S/FH.H3O4P.Pb/c;1-5(2,3)4;/h1H;(H3,1,2,3,4);/q;;+4/p-4. The molecule has 0 radical (unpaired) electrons. The van der Waals surface area contributed by atoms with Crippen LogP contribution in [0.1, 0.15) is 0 Å². The molecule has 0 N–H and O–H groups in total. The molecule has 0 aromatic heterocycles. The summed E-state index contributed by atoms with van der Waals surface area (Å²) in [6, 6.07) is 0. The van der Waals surface area contributed by atoms with E-state index in [1.807, 2.05) is 0 Å². The van der Waals surface area contributed by atoms with Gasteiger partial charge in [-0.15, -0.1) is 0 Å². The van der Waals surface area contributed by atoms with Crippen LogP contribution in [-0.4, -0.2) is 27.3 Å². The molecule has 0 heterocycles. The zero-order valence-corrected chi connectivity index (χ0v) is 7.74. The molecule has 0 amide bonds. The first-order valence-corrected chi connectivity index (χ1v) is 2.19. The molecule has 7 heavy (non-hydrogen) atoms. The Morgan fingerprint density at radius 1 is 1.14 bits per heavy atom. The van der Waals surface area contributed by atoms with Crippen LogP contribution in [0.15, 0.2) is 0 Å². The van der Waals surface area contributed by atoms with E-state index in [4.69, 9.17) is 19.2 Å². The van der Waals surface area contributed by atoms with Crippen molar-refractivity contribution in [1.82, 2.24) is 0 Å². The first-order chi connectivity index (χ1) is 2.00. The van der Waals surface area contributed by atoms with E-state index in [2.05, 4.69) is 0 Å². The zero-order valence-electron chi connectivity index (χ0n) is 2.96. The molecule has 0 saturated heterocycles. The van der Waals surface area contributed by atoms with Gasteiger partial charge in [0, 0.05) is 0 Å². The summed E-state index contributed by atoms with van der Waals surface area (Å²) < 4.78 is 8.55. The van der Waals surface area contributed by atoms with Crippen molar-refractivity contribution in [2.75, 3.05) is 0 Å². The molecule has 0 unspecified atom stereocenters. The molecule has 4 nitrogen and oxygen atoms in total. The topological polar surface area (TPSA) is 86.2 Å². The quantitative estimate of drug-likeness (QED) is 0.328. The Balaban J connectivity index is -0.0000000800. The van der Waals surface area contributed by atoms with Crippen LogP contribution in [0.4, 0.5) is 0 Å². The summed E-state index contributed by atoms with van der Waals surface area (Å²) in [7, 11) is -5.39. The largest absolute Gasteiger partial charge is 4.00 e. The molecule has 0 spiro atoms. The van der Waals surface area contributed by atoms with Crippen LogP contribution >= 0.6 is 7.82 Å². The molecule has 0 atom stereocenters. The molecule has 0 saturated carbocycles. The second-order valence-corrected chi connectivity index (χ2v) is 1.34. The molecular formula is FO4PPb. The van der Waals surface area contributed by atoms with Gasteiger partial charge in [0.15, 0.2) is 0 Å². The van der Waals surface area contributed by atoms with Crippen molar-refractivity contribution in [3.63, 3.8) is 0 Å². The smallest absolute Gasteiger partial charge is 1.00 e. The maximum absolute atomic E-state index is 8.55. The van der Waals surface area contributed by atoms with E-state index in [-0.39, 0.29) is 32.0 Å². The fraction of sp³-hybridized carbons (Fsp3) is 0. The van der Waals surface area contributed by atoms with Crippen LogP contribution in [0.2, 0.25) is 0 Å². The van der Waals surface area contributed by atoms with Crippen LogP contribution in [0.3, 0.4) is 0 Å². The Bertz CT molecular complexity index is 57.8. The second kappa shape index (κ2) is 5.11. The minimum absolute atomic E-state index is 0. The molecule has 7 heteroatoms. The van der Waals surface area contributed by atoms with E-state index in [0.717, 1.165) is 0 Å². The van der Waals surface area contributed by atoms with Gasteiger partial charge >= 0.3 is 27.3 Å². The summed E-state index contributed by atoms with van der Waals surface area (Å²) in [5.74, 6) is 0. The van der Waals surface area contributed by atoms with E-state index >= 15 is 0 Å². The molecule has 40 valence electrons. The normalized spacial score (nSPS) is 8.43. The average molecular weight is 321 g/mol. The van der Waals surface area contributed by atoms with Gasteiger partial charge in [-0.1, -0.05) is 0 Å². The van der Waals surface area contributed by atoms with Gasteiger partial charge in [0.1, 0.15) is 0 Å². The number of halogens is 1. The van der Waals surface area contributed by atoms with Gasteiger partial charge < -0.3 is 23.9 Å². The van der Waals surface area contributed by atoms with Gasteiger partial charge in [-0.05, 0) is 0 Å². The minimum Gasteiger partial charge on any atom is -1.00 e. The first-order valence-electron chi connectivity index (χ1n) is 0.730. The monoisotopic (exact) mass is 322 g/mol. The van der Waals surface area contributed by atoms with Crippen LogP contribution in [0, 0.1) is 0 Å². The first kappa shape index (κ1) is 15.7. The summed E-state index contributed by atoms with van der Waals surface area (Å²) >= 11 is 0. The second-order valence-electron chi connectivity index (χ2n) is 0.447. The molecule has 0 rings (SSSR count). The van der Waals surface area contributed by atoms with Crippen LogP contribution in [-0.2, 0) is 4.57 Å². The Kier molecular flexibility index (Phi) is 11.4. The van der Waals surface area contributed by atoms with Gasteiger partial charge in [-0.2, -0.15) is 7.82 Å². The third kappa shape index (κ3) is 185. The summed E-state index contributed by atoms with van der Waals surface area (Å²) in [5, 5.41) is 0. The van der Waals surface area contributed by atoms with E-state index < -0.39 is 7.82 Å². The third-order valence-electron chi connectivity index (χ3n) is 0. The third-order valence-corrected chi connectivity index (χ3v) is 0. The van der Waals surface area contributed by atoms with Crippen molar-refractivity contribution in [1.29, 1.82) is 0 Å². The van der Waals surface area contributed by atoms with E-state index in [0.29, 0.717) is 0 Å². The van der Waals surface area contributed by atoms with Gasteiger partial charge in [-0.3, -0.25) is 0 Å². The van der Waals surface area contributed by atoms with Crippen LogP contribution in [0.5, 0.6) is 0 Å². The minimum atomic E-state index is -5.39. The molecule has 0 bridgehead atoms. The Labute approximate surface area is 59.3 Å². The van der Waals surface area contributed by atoms with Crippen molar-refractivity contribution >= 4 is 35.1 Å². The van der Waals surface area contributed by atoms with Gasteiger partial charge in [0.2, 0.25) is 0 Å². The van der Waals surface area contributed by atoms with Gasteiger partial charge in [-0.25, -0.2) is 0 Å². The van der Waals surface area contributed by atoms with E-state index in [1.54, 1.807) is 0 Å². The summed E-state index contributed by atoms with van der Waals surface area (Å²) in [5.41, 5.74) is 0. The maximum atomic E-state index is 8.55. The molecule has 0 fully saturated rings. The fourth-order valence-electron chi connectivity index (χ4n) is 0. The van der Waals surface area contributed by atoms with Gasteiger partial charge in [0.25, 0.3) is 0 Å². The van der Waals surface area contributed by atoms with Crippen molar-refractivity contribution in [2.45, 2.75) is 0 Å². The summed E-state index contributed by atoms with van der Waals surface area (Å²) in [4.78, 5) is 25.6. The molecule has 0 aliphatic heterocycles. The molecule has 0 aliphatic rings. The Morgan fingerprint density at radius 2 is 1.14 bits per heavy atom. The van der Waals surface area contributed by atoms with Crippen molar-refractivity contribution in [2.24, 2.45) is 0 Å². The molecule has 0 aliphatic carbocycles. The molecule has 0 aromatic rings. The number of phosphoric acid groups is 1. The molecule has 0 aromatic carbocycles. The predicted molar refractivity (Wildman–Crippen MR) is 13.4 cm³/mol. The Morgan fingerprint density at radius 3 is 1.14 bits per heavy atom. The fourth-order valence-corrected chi connectivity index (χ4v) is 0. The van der Waals surface area contributed by atoms with Crippen molar-refractivity contribution in [3.8, 4) is 0 Å². The van der Waals surface area contributed by atoms with Gasteiger partial charge in [0.05, 0.1) is 0 Å². The number of hydrogen-bond acceptors (Lipinski definition) is 4. The summed E-state index contributed by atoms with van der Waals surface area (Å²) in [6.45, 7) is 0. The number of hydrogen-bond donors (Lipinski definition) is 0. The SMILES string of the molecule is O=P([O-])([O-])[O-].[F-].[Pb+4]. The zero-order chi connectivity index (χ0) is 4.50. The maximum Gasteiger partial charge on any atom is 4.00 e. The summed E-state index contributed by atoms with van der Waals surface area (Å²) in [6.07, 6.45) is 0. The van der Waals surface area contributed by atoms with Crippen molar-refractivity contribution < 1.29 is 23.9 Å². The van der Waals surface area contributed by atoms with Crippen LogP contribution in [0.25, 0.3) is 0 Å². The Hall–Kier alpha value is 0.962. The predicted octanol–water partition coefficient (Wildman–Crippen LogP) is -6.20. The van der Waals surface area contributed by atoms with E-state index in [9.17, 15) is 0 Å². The van der Waals surface area contributed by atoms with Crippen LogP contribution < -0.4 is 19.4 Å². The van der Waals surface area contributed by atoms with Crippen molar-refractivity contribution in [3.05, 3.63) is 0 Å². The van der Waals surface area contributed by atoms with E-state index in [1.165, 1.54) is 0 Å². The molecular weight excluding hydrogens is 321 g/mol. The average Bonchev–Trinajstić information content (AvgIpc) is 0.722.